The Morgan fingerprint density at radius 2 is 2.00 bits per heavy atom. The quantitative estimate of drug-likeness (QED) is 0.715. The molecule has 14 heavy (non-hydrogen) atoms. The van der Waals surface area contributed by atoms with Gasteiger partial charge in [-0.25, -0.2) is 0 Å². The molecule has 0 unspecified atom stereocenters. The van der Waals surface area contributed by atoms with Gasteiger partial charge in [0.25, 0.3) is 0 Å². The minimum atomic E-state index is -0.378. The van der Waals surface area contributed by atoms with E-state index in [1.807, 2.05) is 0 Å². The van der Waals surface area contributed by atoms with Gasteiger partial charge in [-0.15, -0.1) is 0 Å². The Kier molecular flexibility index (Phi) is 3.94. The highest BCUT2D eigenvalue weighted by atomic mass is 16.5. The SMILES string of the molecule is NC(=O)CCOc1ccc(CO)cc1. The van der Waals surface area contributed by atoms with Crippen molar-refractivity contribution in [1.29, 1.82) is 0 Å². The van der Waals surface area contributed by atoms with Crippen LogP contribution in [0.3, 0.4) is 0 Å². The Morgan fingerprint density at radius 3 is 2.50 bits per heavy atom. The molecule has 1 rings (SSSR count). The standard InChI is InChI=1S/C10H13NO3/c11-10(13)5-6-14-9-3-1-8(7-12)2-4-9/h1-4,12H,5-7H2,(H2,11,13). The summed E-state index contributed by atoms with van der Waals surface area (Å²) >= 11 is 0. The topological polar surface area (TPSA) is 72.6 Å². The smallest absolute Gasteiger partial charge is 0.220 e. The van der Waals surface area contributed by atoms with Crippen LogP contribution >= 0.6 is 0 Å². The zero-order valence-corrected chi connectivity index (χ0v) is 7.77. The number of primary amides is 1. The van der Waals surface area contributed by atoms with Crippen LogP contribution in [-0.4, -0.2) is 17.6 Å². The van der Waals surface area contributed by atoms with Crippen LogP contribution < -0.4 is 10.5 Å². The highest BCUT2D eigenvalue weighted by Gasteiger charge is 1.96. The summed E-state index contributed by atoms with van der Waals surface area (Å²) < 4.78 is 5.23. The molecule has 0 atom stereocenters. The molecule has 0 spiro atoms. The molecular formula is C10H13NO3. The lowest BCUT2D eigenvalue weighted by Crippen LogP contribution is -2.14. The summed E-state index contributed by atoms with van der Waals surface area (Å²) in [5.74, 6) is 0.292. The van der Waals surface area contributed by atoms with Crippen molar-refractivity contribution in [2.75, 3.05) is 6.61 Å². The molecule has 0 saturated carbocycles. The zero-order chi connectivity index (χ0) is 10.4. The molecular weight excluding hydrogens is 182 g/mol. The molecule has 0 aliphatic carbocycles. The Hall–Kier alpha value is -1.55. The third-order valence-corrected chi connectivity index (χ3v) is 1.72. The van der Waals surface area contributed by atoms with Gasteiger partial charge in [0, 0.05) is 0 Å². The Balaban J connectivity index is 2.40. The van der Waals surface area contributed by atoms with Gasteiger partial charge in [0.15, 0.2) is 0 Å². The molecule has 1 aromatic rings. The summed E-state index contributed by atoms with van der Waals surface area (Å²) in [6, 6.07) is 7.01. The van der Waals surface area contributed by atoms with Gasteiger partial charge in [-0.05, 0) is 17.7 Å². The number of aliphatic hydroxyl groups is 1. The van der Waals surface area contributed by atoms with E-state index in [4.69, 9.17) is 15.6 Å². The van der Waals surface area contributed by atoms with Crippen molar-refractivity contribution < 1.29 is 14.6 Å². The molecule has 1 aromatic carbocycles. The van der Waals surface area contributed by atoms with Crippen molar-refractivity contribution >= 4 is 5.91 Å². The average molecular weight is 195 g/mol. The Labute approximate surface area is 82.3 Å². The number of amides is 1. The molecule has 0 fully saturated rings. The van der Waals surface area contributed by atoms with Gasteiger partial charge in [-0.1, -0.05) is 12.1 Å². The van der Waals surface area contributed by atoms with Crippen molar-refractivity contribution in [2.45, 2.75) is 13.0 Å². The number of hydrogen-bond donors (Lipinski definition) is 2. The van der Waals surface area contributed by atoms with Crippen molar-refractivity contribution in [1.82, 2.24) is 0 Å². The highest BCUT2D eigenvalue weighted by molar-refractivity contribution is 5.73. The van der Waals surface area contributed by atoms with E-state index in [2.05, 4.69) is 0 Å². The highest BCUT2D eigenvalue weighted by Crippen LogP contribution is 2.12. The van der Waals surface area contributed by atoms with Gasteiger partial charge < -0.3 is 15.6 Å². The number of aliphatic hydroxyl groups excluding tert-OH is 1. The molecule has 0 heterocycles. The van der Waals surface area contributed by atoms with Crippen LogP contribution in [0.15, 0.2) is 24.3 Å². The zero-order valence-electron chi connectivity index (χ0n) is 7.77. The van der Waals surface area contributed by atoms with E-state index in [9.17, 15) is 4.79 Å². The summed E-state index contributed by atoms with van der Waals surface area (Å²) in [6.45, 7) is 0.301. The van der Waals surface area contributed by atoms with E-state index >= 15 is 0 Å². The Morgan fingerprint density at radius 1 is 1.36 bits per heavy atom. The predicted molar refractivity (Wildman–Crippen MR) is 51.7 cm³/mol. The van der Waals surface area contributed by atoms with Gasteiger partial charge in [0.2, 0.25) is 5.91 Å². The molecule has 0 aliphatic rings. The second-order valence-corrected chi connectivity index (χ2v) is 2.87. The maximum atomic E-state index is 10.4. The van der Waals surface area contributed by atoms with Crippen LogP contribution in [0.2, 0.25) is 0 Å². The molecule has 4 nitrogen and oxygen atoms in total. The summed E-state index contributed by atoms with van der Waals surface area (Å²) in [6.07, 6.45) is 0.210. The Bertz CT molecular complexity index is 295. The number of ether oxygens (including phenoxy) is 1. The van der Waals surface area contributed by atoms with E-state index in [1.54, 1.807) is 24.3 Å². The lowest BCUT2D eigenvalue weighted by Gasteiger charge is -2.04. The molecule has 4 heteroatoms. The lowest BCUT2D eigenvalue weighted by atomic mass is 10.2. The number of rotatable bonds is 5. The second-order valence-electron chi connectivity index (χ2n) is 2.87. The van der Waals surface area contributed by atoms with Crippen LogP contribution in [0.4, 0.5) is 0 Å². The molecule has 1 amide bonds. The summed E-state index contributed by atoms with van der Waals surface area (Å²) in [5, 5.41) is 8.78. The number of nitrogens with two attached hydrogens (primary N) is 1. The summed E-state index contributed by atoms with van der Waals surface area (Å²) in [7, 11) is 0. The number of hydrogen-bond acceptors (Lipinski definition) is 3. The van der Waals surface area contributed by atoms with Gasteiger partial charge in [-0.3, -0.25) is 4.79 Å². The first kappa shape index (κ1) is 10.5. The number of carbonyl (C=O) groups excluding carboxylic acids is 1. The first-order valence-corrected chi connectivity index (χ1v) is 4.33. The summed E-state index contributed by atoms with van der Waals surface area (Å²) in [5.41, 5.74) is 5.78. The maximum absolute atomic E-state index is 10.4. The third kappa shape index (κ3) is 3.45. The lowest BCUT2D eigenvalue weighted by molar-refractivity contribution is -0.118. The van der Waals surface area contributed by atoms with Crippen molar-refractivity contribution in [3.63, 3.8) is 0 Å². The van der Waals surface area contributed by atoms with E-state index in [1.165, 1.54) is 0 Å². The van der Waals surface area contributed by atoms with Crippen molar-refractivity contribution in [2.24, 2.45) is 5.73 Å². The minimum Gasteiger partial charge on any atom is -0.493 e. The van der Waals surface area contributed by atoms with Crippen LogP contribution in [-0.2, 0) is 11.4 Å². The maximum Gasteiger partial charge on any atom is 0.220 e. The molecule has 0 bridgehead atoms. The molecule has 0 aromatic heterocycles. The molecule has 0 saturated heterocycles. The fourth-order valence-corrected chi connectivity index (χ4v) is 0.961. The van der Waals surface area contributed by atoms with Crippen molar-refractivity contribution in [3.8, 4) is 5.75 Å². The second kappa shape index (κ2) is 5.24. The third-order valence-electron chi connectivity index (χ3n) is 1.72. The largest absolute Gasteiger partial charge is 0.493 e. The molecule has 0 aliphatic heterocycles. The van der Waals surface area contributed by atoms with E-state index in [-0.39, 0.29) is 25.5 Å². The number of benzene rings is 1. The fraction of sp³-hybridized carbons (Fsp3) is 0.300. The summed E-state index contributed by atoms with van der Waals surface area (Å²) in [4.78, 5) is 10.4. The minimum absolute atomic E-state index is 0.0154. The molecule has 0 radical (unpaired) electrons. The molecule has 76 valence electrons. The van der Waals surface area contributed by atoms with Gasteiger partial charge in [-0.2, -0.15) is 0 Å². The van der Waals surface area contributed by atoms with Crippen LogP contribution in [0.1, 0.15) is 12.0 Å². The van der Waals surface area contributed by atoms with Crippen LogP contribution in [0, 0.1) is 0 Å². The normalized spacial score (nSPS) is 9.79. The van der Waals surface area contributed by atoms with Crippen LogP contribution in [0.25, 0.3) is 0 Å². The van der Waals surface area contributed by atoms with Crippen LogP contribution in [0.5, 0.6) is 5.75 Å². The first-order valence-electron chi connectivity index (χ1n) is 4.33. The van der Waals surface area contributed by atoms with E-state index in [0.29, 0.717) is 5.75 Å². The first-order chi connectivity index (χ1) is 6.72. The predicted octanol–water partition coefficient (Wildman–Crippen LogP) is 0.433. The van der Waals surface area contributed by atoms with Gasteiger partial charge >= 0.3 is 0 Å². The number of carbonyl (C=O) groups is 1. The average Bonchev–Trinajstić information content (AvgIpc) is 2.18. The van der Waals surface area contributed by atoms with E-state index < -0.39 is 0 Å². The van der Waals surface area contributed by atoms with Gasteiger partial charge in [0.1, 0.15) is 5.75 Å². The monoisotopic (exact) mass is 195 g/mol. The van der Waals surface area contributed by atoms with Gasteiger partial charge in [0.05, 0.1) is 19.6 Å². The fourth-order valence-electron chi connectivity index (χ4n) is 0.961. The van der Waals surface area contributed by atoms with Crippen molar-refractivity contribution in [3.05, 3.63) is 29.8 Å². The van der Waals surface area contributed by atoms with E-state index in [0.717, 1.165) is 5.56 Å². The molecule has 3 N–H and O–H groups in total.